The maximum Gasteiger partial charge on any atom is 0.160 e. The van der Waals surface area contributed by atoms with Crippen LogP contribution in [0.2, 0.25) is 0 Å². The molecular formula is C17H32O2. The zero-order valence-corrected chi connectivity index (χ0v) is 12.9. The van der Waals surface area contributed by atoms with Crippen molar-refractivity contribution in [3.8, 4) is 0 Å². The summed E-state index contributed by atoms with van der Waals surface area (Å²) < 4.78 is 11.9. The molecule has 112 valence electrons. The Labute approximate surface area is 119 Å². The highest BCUT2D eigenvalue weighted by molar-refractivity contribution is 4.77. The molecule has 0 N–H and O–H groups in total. The van der Waals surface area contributed by atoms with Gasteiger partial charge < -0.3 is 9.47 Å². The SMILES string of the molecule is CCCCCC1CCC([C@H]2OCC[C@H](CC)O2)CC1. The van der Waals surface area contributed by atoms with E-state index in [-0.39, 0.29) is 6.29 Å². The number of hydrogen-bond donors (Lipinski definition) is 0. The number of ether oxygens (including phenoxy) is 2. The van der Waals surface area contributed by atoms with Gasteiger partial charge in [-0.2, -0.15) is 0 Å². The van der Waals surface area contributed by atoms with Gasteiger partial charge in [-0.3, -0.25) is 0 Å². The van der Waals surface area contributed by atoms with Gasteiger partial charge in [-0.05, 0) is 44.4 Å². The van der Waals surface area contributed by atoms with Gasteiger partial charge in [-0.25, -0.2) is 0 Å². The Hall–Kier alpha value is -0.0800. The van der Waals surface area contributed by atoms with E-state index in [4.69, 9.17) is 9.47 Å². The molecule has 0 amide bonds. The third kappa shape index (κ3) is 4.75. The lowest BCUT2D eigenvalue weighted by molar-refractivity contribution is -0.240. The van der Waals surface area contributed by atoms with Gasteiger partial charge in [0, 0.05) is 5.92 Å². The van der Waals surface area contributed by atoms with Crippen molar-refractivity contribution < 1.29 is 9.47 Å². The van der Waals surface area contributed by atoms with Gasteiger partial charge in [0.15, 0.2) is 6.29 Å². The monoisotopic (exact) mass is 268 g/mol. The molecule has 0 spiro atoms. The lowest BCUT2D eigenvalue weighted by Crippen LogP contribution is -2.38. The molecule has 1 saturated heterocycles. The fraction of sp³-hybridized carbons (Fsp3) is 1.00. The molecular weight excluding hydrogens is 236 g/mol. The Balaban J connectivity index is 1.67. The Morgan fingerprint density at radius 3 is 2.42 bits per heavy atom. The van der Waals surface area contributed by atoms with Crippen LogP contribution in [-0.2, 0) is 9.47 Å². The molecule has 0 aromatic heterocycles. The minimum atomic E-state index is 0.107. The molecule has 19 heavy (non-hydrogen) atoms. The molecule has 2 fully saturated rings. The average molecular weight is 268 g/mol. The molecule has 1 heterocycles. The molecule has 0 bridgehead atoms. The summed E-state index contributed by atoms with van der Waals surface area (Å²) in [5.74, 6) is 1.64. The van der Waals surface area contributed by atoms with Gasteiger partial charge in [0.1, 0.15) is 0 Å². The van der Waals surface area contributed by atoms with Crippen LogP contribution in [-0.4, -0.2) is 19.0 Å². The van der Waals surface area contributed by atoms with Gasteiger partial charge in [0.2, 0.25) is 0 Å². The van der Waals surface area contributed by atoms with Gasteiger partial charge in [0.05, 0.1) is 12.7 Å². The minimum absolute atomic E-state index is 0.107. The predicted molar refractivity (Wildman–Crippen MR) is 79.1 cm³/mol. The Morgan fingerprint density at radius 2 is 1.74 bits per heavy atom. The summed E-state index contributed by atoms with van der Waals surface area (Å²) in [6.07, 6.45) is 13.8. The Kier molecular flexibility index (Phi) is 6.66. The van der Waals surface area contributed by atoms with E-state index < -0.39 is 0 Å². The van der Waals surface area contributed by atoms with Crippen LogP contribution in [0.15, 0.2) is 0 Å². The normalized spacial score (nSPS) is 36.3. The zero-order chi connectivity index (χ0) is 13.5. The molecule has 2 nitrogen and oxygen atoms in total. The van der Waals surface area contributed by atoms with Crippen LogP contribution in [0.3, 0.4) is 0 Å². The first-order valence-electron chi connectivity index (χ1n) is 8.60. The molecule has 2 aliphatic rings. The summed E-state index contributed by atoms with van der Waals surface area (Å²) >= 11 is 0. The van der Waals surface area contributed by atoms with E-state index >= 15 is 0 Å². The van der Waals surface area contributed by atoms with E-state index in [1.165, 1.54) is 51.4 Å². The molecule has 2 atom stereocenters. The highest BCUT2D eigenvalue weighted by Crippen LogP contribution is 2.36. The quantitative estimate of drug-likeness (QED) is 0.637. The zero-order valence-electron chi connectivity index (χ0n) is 12.9. The molecule has 2 rings (SSSR count). The predicted octanol–water partition coefficient (Wildman–Crippen LogP) is 4.91. The summed E-state index contributed by atoms with van der Waals surface area (Å²) in [6, 6.07) is 0. The van der Waals surface area contributed by atoms with Crippen molar-refractivity contribution in [2.45, 2.75) is 90.4 Å². The lowest BCUT2D eigenvalue weighted by Gasteiger charge is -2.38. The van der Waals surface area contributed by atoms with Crippen LogP contribution in [0, 0.1) is 11.8 Å². The summed E-state index contributed by atoms with van der Waals surface area (Å²) in [6.45, 7) is 5.41. The third-order valence-corrected chi connectivity index (χ3v) is 5.00. The lowest BCUT2D eigenvalue weighted by atomic mass is 9.79. The third-order valence-electron chi connectivity index (χ3n) is 5.00. The number of rotatable bonds is 6. The van der Waals surface area contributed by atoms with Crippen molar-refractivity contribution in [3.05, 3.63) is 0 Å². The Bertz CT molecular complexity index is 233. The van der Waals surface area contributed by atoms with Gasteiger partial charge in [-0.1, -0.05) is 39.5 Å². The second kappa shape index (κ2) is 8.26. The van der Waals surface area contributed by atoms with Crippen molar-refractivity contribution in [2.24, 2.45) is 11.8 Å². The molecule has 1 aliphatic carbocycles. The Morgan fingerprint density at radius 1 is 0.947 bits per heavy atom. The van der Waals surface area contributed by atoms with Gasteiger partial charge >= 0.3 is 0 Å². The van der Waals surface area contributed by atoms with Crippen LogP contribution in [0.5, 0.6) is 0 Å². The van der Waals surface area contributed by atoms with E-state index in [0.717, 1.165) is 25.4 Å². The molecule has 1 aliphatic heterocycles. The van der Waals surface area contributed by atoms with Gasteiger partial charge in [-0.15, -0.1) is 0 Å². The van der Waals surface area contributed by atoms with Crippen LogP contribution in [0.4, 0.5) is 0 Å². The molecule has 1 saturated carbocycles. The average Bonchev–Trinajstić information content (AvgIpc) is 2.48. The second-order valence-electron chi connectivity index (χ2n) is 6.47. The van der Waals surface area contributed by atoms with Crippen molar-refractivity contribution in [2.75, 3.05) is 6.61 Å². The van der Waals surface area contributed by atoms with E-state index in [1.54, 1.807) is 0 Å². The highest BCUT2D eigenvalue weighted by Gasteiger charge is 2.32. The van der Waals surface area contributed by atoms with Crippen molar-refractivity contribution in [1.29, 1.82) is 0 Å². The summed E-state index contributed by atoms with van der Waals surface area (Å²) in [5.41, 5.74) is 0. The maximum atomic E-state index is 6.09. The number of unbranched alkanes of at least 4 members (excludes halogenated alkanes) is 2. The summed E-state index contributed by atoms with van der Waals surface area (Å²) in [5, 5.41) is 0. The highest BCUT2D eigenvalue weighted by atomic mass is 16.7. The standard InChI is InChI=1S/C17H32O2/c1-3-5-6-7-14-8-10-15(11-9-14)17-18-13-12-16(4-2)19-17/h14-17H,3-13H2,1-2H3/t14?,15?,16-,17-/m0/s1. The largest absolute Gasteiger partial charge is 0.352 e. The first-order chi connectivity index (χ1) is 9.33. The smallest absolute Gasteiger partial charge is 0.160 e. The first-order valence-corrected chi connectivity index (χ1v) is 8.60. The molecule has 0 aromatic rings. The topological polar surface area (TPSA) is 18.5 Å². The van der Waals surface area contributed by atoms with E-state index in [2.05, 4.69) is 13.8 Å². The molecule has 0 unspecified atom stereocenters. The van der Waals surface area contributed by atoms with Crippen molar-refractivity contribution in [1.82, 2.24) is 0 Å². The van der Waals surface area contributed by atoms with Crippen LogP contribution < -0.4 is 0 Å². The van der Waals surface area contributed by atoms with Crippen molar-refractivity contribution >= 4 is 0 Å². The van der Waals surface area contributed by atoms with E-state index in [0.29, 0.717) is 12.0 Å². The van der Waals surface area contributed by atoms with E-state index in [9.17, 15) is 0 Å². The van der Waals surface area contributed by atoms with E-state index in [1.807, 2.05) is 0 Å². The van der Waals surface area contributed by atoms with Crippen molar-refractivity contribution in [3.63, 3.8) is 0 Å². The minimum Gasteiger partial charge on any atom is -0.352 e. The van der Waals surface area contributed by atoms with Crippen LogP contribution >= 0.6 is 0 Å². The molecule has 0 radical (unpaired) electrons. The second-order valence-corrected chi connectivity index (χ2v) is 6.47. The molecule has 0 aromatic carbocycles. The van der Waals surface area contributed by atoms with Crippen LogP contribution in [0.25, 0.3) is 0 Å². The number of hydrogen-bond acceptors (Lipinski definition) is 2. The fourth-order valence-corrected chi connectivity index (χ4v) is 3.59. The maximum absolute atomic E-state index is 6.09. The van der Waals surface area contributed by atoms with Gasteiger partial charge in [0.25, 0.3) is 0 Å². The molecule has 2 heteroatoms. The first kappa shape index (κ1) is 15.3. The fourth-order valence-electron chi connectivity index (χ4n) is 3.59. The summed E-state index contributed by atoms with van der Waals surface area (Å²) in [7, 11) is 0. The van der Waals surface area contributed by atoms with Crippen LogP contribution in [0.1, 0.15) is 78.1 Å². The summed E-state index contributed by atoms with van der Waals surface area (Å²) in [4.78, 5) is 0.